The Labute approximate surface area is 649 Å². The summed E-state index contributed by atoms with van der Waals surface area (Å²) in [7, 11) is 0. The van der Waals surface area contributed by atoms with Crippen LogP contribution in [-0.4, -0.2) is 18.3 Å². The lowest BCUT2D eigenvalue weighted by Gasteiger charge is -2.24. The average Bonchev–Trinajstić information content (AvgIpc) is 1.56. The van der Waals surface area contributed by atoms with Crippen molar-refractivity contribution in [2.75, 3.05) is 0 Å². The van der Waals surface area contributed by atoms with Crippen LogP contribution >= 0.6 is 45.3 Å². The largest absolute Gasteiger partial charge is 0.307 e. The van der Waals surface area contributed by atoms with E-state index in [1.165, 1.54) is 80.7 Å². The molecule has 17 aromatic carbocycles. The molecular formula is C102H57FN4S4. The Morgan fingerprint density at radius 1 is 0.162 bits per heavy atom. The number of fused-ring (bicyclic) bond motifs is 24. The molecule has 8 heterocycles. The number of halogens is 1. The normalized spacial score (nSPS) is 12.4. The zero-order chi connectivity index (χ0) is 72.4. The van der Waals surface area contributed by atoms with E-state index in [9.17, 15) is 0 Å². The van der Waals surface area contributed by atoms with Crippen LogP contribution in [0.2, 0.25) is 0 Å². The lowest BCUT2D eigenvalue weighted by atomic mass is 10.0. The lowest BCUT2D eigenvalue weighted by molar-refractivity contribution is 0.612. The summed E-state index contributed by atoms with van der Waals surface area (Å²) in [5.74, 6) is -0.372. The molecule has 0 radical (unpaired) electrons. The maximum atomic E-state index is 21.9. The number of hydrogen-bond donors (Lipinski definition) is 0. The first-order chi connectivity index (χ1) is 54.9. The zero-order valence-electron chi connectivity index (χ0n) is 59.2. The number of para-hydroxylation sites is 4. The van der Waals surface area contributed by atoms with Gasteiger partial charge in [0.2, 0.25) is 0 Å². The van der Waals surface area contributed by atoms with Gasteiger partial charge < -0.3 is 18.3 Å². The van der Waals surface area contributed by atoms with Crippen LogP contribution in [0.25, 0.3) is 235 Å². The van der Waals surface area contributed by atoms with Crippen LogP contribution in [0, 0.1) is 5.82 Å². The molecule has 9 heteroatoms. The van der Waals surface area contributed by atoms with Crippen molar-refractivity contribution in [2.45, 2.75) is 0 Å². The number of aromatic nitrogens is 4. The number of thiophene rings is 4. The molecule has 0 unspecified atom stereocenters. The first kappa shape index (κ1) is 61.7. The maximum Gasteiger partial charge on any atom is 0.175 e. The summed E-state index contributed by atoms with van der Waals surface area (Å²) < 4.78 is 41.3. The van der Waals surface area contributed by atoms with Gasteiger partial charge in [0, 0.05) is 124 Å². The van der Waals surface area contributed by atoms with Crippen LogP contribution in [0.15, 0.2) is 346 Å². The topological polar surface area (TPSA) is 19.7 Å². The molecule has 25 aromatic rings. The third-order valence-corrected chi connectivity index (χ3v) is 28.2. The van der Waals surface area contributed by atoms with E-state index >= 15 is 4.39 Å². The molecule has 0 aliphatic heterocycles. The summed E-state index contributed by atoms with van der Waals surface area (Å²) in [6.07, 6.45) is 0. The van der Waals surface area contributed by atoms with Gasteiger partial charge in [0.15, 0.2) is 5.82 Å². The standard InChI is InChI=1S/C102H57FN4S4/c103-100-101(106-84-27-11-3-19-68(84)76-51-60(35-43-88(76)106)64-39-47-98-80(55-64)72-23-7-15-31-94(72)110-98)90(104-82-25-9-1-17-66(82)74-49-58(33-41-86(74)104)62-37-45-96-78(53-62)70-21-5-13-29-92(70)108-96)57-91(105-83-26-10-2-18-67(83)75-50-59(34-42-87(75)105)63-38-46-97-79(54-63)71-22-6-14-30-93(71)109-97)102(100)107-85-28-12-4-20-69(85)77-52-61(36-44-89(77)107)65-40-48-99-81(56-65)73-24-8-16-32-95(73)111-99/h1-57H. The quantitative estimate of drug-likeness (QED) is 0.144. The van der Waals surface area contributed by atoms with Crippen molar-refractivity contribution >= 4 is 213 Å². The van der Waals surface area contributed by atoms with E-state index in [4.69, 9.17) is 0 Å². The minimum absolute atomic E-state index is 0.372. The molecule has 0 saturated heterocycles. The van der Waals surface area contributed by atoms with Gasteiger partial charge in [0.25, 0.3) is 0 Å². The summed E-state index contributed by atoms with van der Waals surface area (Å²) >= 11 is 7.34. The molecule has 8 aromatic heterocycles. The fourth-order valence-corrected chi connectivity index (χ4v) is 22.9. The summed E-state index contributed by atoms with van der Waals surface area (Å²) in [5, 5.41) is 18.4. The van der Waals surface area contributed by atoms with Crippen molar-refractivity contribution in [3.63, 3.8) is 0 Å². The zero-order valence-corrected chi connectivity index (χ0v) is 62.5. The van der Waals surface area contributed by atoms with E-state index in [0.29, 0.717) is 22.7 Å². The molecule has 0 bridgehead atoms. The van der Waals surface area contributed by atoms with Crippen molar-refractivity contribution in [3.05, 3.63) is 352 Å². The molecule has 516 valence electrons. The average molecular weight is 1490 g/mol. The van der Waals surface area contributed by atoms with Gasteiger partial charge in [-0.05, 0) is 196 Å². The predicted molar refractivity (Wildman–Crippen MR) is 477 cm³/mol. The van der Waals surface area contributed by atoms with Crippen LogP contribution in [0.4, 0.5) is 4.39 Å². The summed E-state index contributed by atoms with van der Waals surface area (Å²) in [6, 6.07) is 127. The fourth-order valence-electron chi connectivity index (χ4n) is 18.6. The van der Waals surface area contributed by atoms with Crippen LogP contribution in [-0.2, 0) is 0 Å². The minimum atomic E-state index is -0.372. The van der Waals surface area contributed by atoms with E-state index in [0.717, 1.165) is 132 Å². The van der Waals surface area contributed by atoms with Gasteiger partial charge in [-0.3, -0.25) is 0 Å². The summed E-state index contributed by atoms with van der Waals surface area (Å²) in [5.41, 5.74) is 18.6. The molecule has 0 atom stereocenters. The van der Waals surface area contributed by atoms with Crippen molar-refractivity contribution in [1.82, 2.24) is 18.3 Å². The van der Waals surface area contributed by atoms with Crippen molar-refractivity contribution in [1.29, 1.82) is 0 Å². The van der Waals surface area contributed by atoms with Gasteiger partial charge in [0.1, 0.15) is 11.4 Å². The van der Waals surface area contributed by atoms with Crippen LogP contribution in [0.5, 0.6) is 0 Å². The lowest BCUT2D eigenvalue weighted by Crippen LogP contribution is -2.14. The monoisotopic (exact) mass is 1480 g/mol. The van der Waals surface area contributed by atoms with Crippen molar-refractivity contribution < 1.29 is 4.39 Å². The SMILES string of the molecule is Fc1c(-n2c3ccccc3c3cc(-c4ccc5sc6ccccc6c5c4)ccc32)c(-n2c3ccccc3c3cc(-c4ccc5sc6ccccc6c5c4)ccc32)cc(-n2c3ccccc3c3cc(-c4ccc5sc6ccccc6c5c4)ccc32)c1-n1c2ccccc2c2cc(-c3ccc4sc5ccccc5c4c3)ccc21. The Hall–Kier alpha value is -13.3. The van der Waals surface area contributed by atoms with Gasteiger partial charge in [-0.1, -0.05) is 194 Å². The summed E-state index contributed by atoms with van der Waals surface area (Å²) in [6.45, 7) is 0. The van der Waals surface area contributed by atoms with Gasteiger partial charge in [0.05, 0.1) is 55.5 Å². The van der Waals surface area contributed by atoms with Gasteiger partial charge in [-0.15, -0.1) is 45.3 Å². The second-order valence-electron chi connectivity index (χ2n) is 29.5. The summed E-state index contributed by atoms with van der Waals surface area (Å²) in [4.78, 5) is 0. The molecule has 0 aliphatic rings. The molecule has 0 aliphatic carbocycles. The predicted octanol–water partition coefficient (Wildman–Crippen LogP) is 30.4. The minimum Gasteiger partial charge on any atom is -0.307 e. The molecular weight excluding hydrogens is 1430 g/mol. The van der Waals surface area contributed by atoms with Crippen LogP contribution in [0.1, 0.15) is 0 Å². The van der Waals surface area contributed by atoms with Crippen LogP contribution in [0.3, 0.4) is 0 Å². The van der Waals surface area contributed by atoms with Crippen LogP contribution < -0.4 is 0 Å². The van der Waals surface area contributed by atoms with Gasteiger partial charge in [-0.25, -0.2) is 4.39 Å². The van der Waals surface area contributed by atoms with Crippen molar-refractivity contribution in [2.24, 2.45) is 0 Å². The molecule has 4 nitrogen and oxygen atoms in total. The smallest absolute Gasteiger partial charge is 0.175 e. The number of rotatable bonds is 8. The molecule has 0 spiro atoms. The molecule has 111 heavy (non-hydrogen) atoms. The molecule has 0 N–H and O–H groups in total. The molecule has 25 rings (SSSR count). The number of benzene rings is 17. The highest BCUT2D eigenvalue weighted by Crippen LogP contribution is 2.50. The van der Waals surface area contributed by atoms with E-state index < -0.39 is 0 Å². The Kier molecular flexibility index (Phi) is 13.0. The van der Waals surface area contributed by atoms with Gasteiger partial charge >= 0.3 is 0 Å². The second kappa shape index (κ2) is 23.4. The molecule has 0 amide bonds. The van der Waals surface area contributed by atoms with Gasteiger partial charge in [-0.2, -0.15) is 0 Å². The fraction of sp³-hybridized carbons (Fsp3) is 0. The number of nitrogens with zero attached hydrogens (tertiary/aromatic N) is 4. The van der Waals surface area contributed by atoms with E-state index in [1.54, 1.807) is 0 Å². The Balaban J connectivity index is 0.802. The van der Waals surface area contributed by atoms with E-state index in [2.05, 4.69) is 364 Å². The first-order valence-electron chi connectivity index (χ1n) is 37.6. The highest BCUT2D eigenvalue weighted by atomic mass is 32.1. The first-order valence-corrected chi connectivity index (χ1v) is 40.9. The Morgan fingerprint density at radius 3 is 0.640 bits per heavy atom. The Bertz CT molecular complexity index is 7900. The van der Waals surface area contributed by atoms with E-state index in [1.807, 2.05) is 45.3 Å². The van der Waals surface area contributed by atoms with Crippen molar-refractivity contribution in [3.8, 4) is 67.3 Å². The Morgan fingerprint density at radius 2 is 0.360 bits per heavy atom. The third kappa shape index (κ3) is 8.99. The third-order valence-electron chi connectivity index (χ3n) is 23.6. The second-order valence-corrected chi connectivity index (χ2v) is 33.8. The highest BCUT2D eigenvalue weighted by molar-refractivity contribution is 7.27. The maximum absolute atomic E-state index is 21.9. The molecule has 0 fully saturated rings. The van der Waals surface area contributed by atoms with E-state index in [-0.39, 0.29) is 5.82 Å². The molecule has 0 saturated carbocycles. The number of hydrogen-bond acceptors (Lipinski definition) is 4. The highest BCUT2D eigenvalue weighted by Gasteiger charge is 2.32.